The van der Waals surface area contributed by atoms with Crippen molar-refractivity contribution in [2.45, 2.75) is 19.8 Å². The number of hydrogen-bond donors (Lipinski definition) is 3. The Morgan fingerprint density at radius 3 is 2.67 bits per heavy atom. The minimum atomic E-state index is -0.673. The molecule has 30 heavy (non-hydrogen) atoms. The molecule has 0 fully saturated rings. The van der Waals surface area contributed by atoms with Gasteiger partial charge in [0.15, 0.2) is 0 Å². The van der Waals surface area contributed by atoms with Crippen molar-refractivity contribution in [3.8, 4) is 5.75 Å². The zero-order valence-electron chi connectivity index (χ0n) is 16.5. The van der Waals surface area contributed by atoms with E-state index in [4.69, 9.17) is 4.74 Å². The Morgan fingerprint density at radius 1 is 1.20 bits per heavy atom. The van der Waals surface area contributed by atoms with Gasteiger partial charge in [-0.15, -0.1) is 0 Å². The van der Waals surface area contributed by atoms with Gasteiger partial charge in [0.2, 0.25) is 0 Å². The highest BCUT2D eigenvalue weighted by Crippen LogP contribution is 2.16. The summed E-state index contributed by atoms with van der Waals surface area (Å²) in [5.74, 6) is 0.239. The quantitative estimate of drug-likeness (QED) is 0.238. The van der Waals surface area contributed by atoms with Gasteiger partial charge in [0.1, 0.15) is 12.3 Å². The smallest absolute Gasteiger partial charge is 0.319 e. The van der Waals surface area contributed by atoms with Gasteiger partial charge in [0.25, 0.3) is 11.6 Å². The van der Waals surface area contributed by atoms with E-state index in [1.807, 2.05) is 24.3 Å². The molecular formula is C20H23N5O5. The first-order valence-corrected chi connectivity index (χ1v) is 9.32. The molecule has 10 nitrogen and oxygen atoms in total. The molecule has 2 rings (SSSR count). The van der Waals surface area contributed by atoms with Crippen molar-refractivity contribution in [1.82, 2.24) is 10.7 Å². The summed E-state index contributed by atoms with van der Waals surface area (Å²) in [7, 11) is 0. The summed E-state index contributed by atoms with van der Waals surface area (Å²) >= 11 is 0. The number of carbonyl (C=O) groups excluding carboxylic acids is 2. The lowest BCUT2D eigenvalue weighted by Crippen LogP contribution is -2.37. The van der Waals surface area contributed by atoms with Crippen LogP contribution in [-0.2, 0) is 4.79 Å². The first-order valence-electron chi connectivity index (χ1n) is 9.32. The Balaban J connectivity index is 1.72. The van der Waals surface area contributed by atoms with Gasteiger partial charge in [0.05, 0.1) is 17.7 Å². The third kappa shape index (κ3) is 7.97. The zero-order valence-corrected chi connectivity index (χ0v) is 16.5. The number of nitrogens with one attached hydrogen (secondary N) is 3. The van der Waals surface area contributed by atoms with Crippen LogP contribution >= 0.6 is 0 Å². The van der Waals surface area contributed by atoms with Crippen LogP contribution in [0.25, 0.3) is 0 Å². The van der Waals surface area contributed by atoms with Crippen LogP contribution in [0.3, 0.4) is 0 Å². The second-order valence-electron chi connectivity index (χ2n) is 6.18. The van der Waals surface area contributed by atoms with Gasteiger partial charge in [0, 0.05) is 17.8 Å². The van der Waals surface area contributed by atoms with Crippen molar-refractivity contribution in [2.24, 2.45) is 5.10 Å². The maximum atomic E-state index is 11.8. The van der Waals surface area contributed by atoms with E-state index < -0.39 is 16.9 Å². The average Bonchev–Trinajstić information content (AvgIpc) is 2.74. The molecule has 0 aliphatic rings. The van der Waals surface area contributed by atoms with E-state index in [0.29, 0.717) is 6.61 Å². The number of anilines is 1. The molecule has 3 amide bonds. The number of carbonyl (C=O) groups is 2. The molecule has 0 aliphatic heterocycles. The number of amides is 3. The lowest BCUT2D eigenvalue weighted by molar-refractivity contribution is -0.384. The van der Waals surface area contributed by atoms with E-state index in [-0.39, 0.29) is 17.9 Å². The predicted molar refractivity (Wildman–Crippen MR) is 113 cm³/mol. The van der Waals surface area contributed by atoms with E-state index in [9.17, 15) is 19.7 Å². The summed E-state index contributed by atoms with van der Waals surface area (Å²) < 4.78 is 5.57. The monoisotopic (exact) mass is 413 g/mol. The molecule has 158 valence electrons. The lowest BCUT2D eigenvalue weighted by atomic mass is 10.2. The summed E-state index contributed by atoms with van der Waals surface area (Å²) in [6, 6.07) is 12.0. The maximum absolute atomic E-state index is 11.8. The van der Waals surface area contributed by atoms with Crippen LogP contribution in [0, 0.1) is 10.1 Å². The van der Waals surface area contributed by atoms with E-state index in [1.165, 1.54) is 30.5 Å². The molecule has 0 saturated carbocycles. The zero-order chi connectivity index (χ0) is 21.8. The molecule has 0 aliphatic carbocycles. The summed E-state index contributed by atoms with van der Waals surface area (Å²) in [6.45, 7) is 2.44. The number of hydrogen-bond acceptors (Lipinski definition) is 6. The van der Waals surface area contributed by atoms with Crippen LogP contribution in [-0.4, -0.2) is 36.2 Å². The van der Waals surface area contributed by atoms with Crippen molar-refractivity contribution < 1.29 is 19.2 Å². The van der Waals surface area contributed by atoms with E-state index in [1.54, 1.807) is 0 Å². The first kappa shape index (κ1) is 22.3. The average molecular weight is 413 g/mol. The van der Waals surface area contributed by atoms with Crippen molar-refractivity contribution >= 4 is 29.5 Å². The Kier molecular flexibility index (Phi) is 8.78. The fourth-order valence-electron chi connectivity index (χ4n) is 2.24. The van der Waals surface area contributed by atoms with Crippen molar-refractivity contribution in [3.63, 3.8) is 0 Å². The summed E-state index contributed by atoms with van der Waals surface area (Å²) in [4.78, 5) is 33.7. The molecule has 3 N–H and O–H groups in total. The Labute approximate surface area is 173 Å². The SMILES string of the molecule is CCCCOc1ccc(/C=N\NC(=O)CNC(=O)Nc2cccc([N+](=O)[O-])c2)cc1. The molecule has 2 aromatic rings. The second-order valence-corrected chi connectivity index (χ2v) is 6.18. The molecule has 0 saturated heterocycles. The second kappa shape index (κ2) is 11.8. The van der Waals surface area contributed by atoms with Crippen LogP contribution in [0.5, 0.6) is 5.75 Å². The lowest BCUT2D eigenvalue weighted by Gasteiger charge is -2.07. The van der Waals surface area contributed by atoms with Crippen LogP contribution in [0.1, 0.15) is 25.3 Å². The first-order chi connectivity index (χ1) is 14.5. The molecule has 0 unspecified atom stereocenters. The largest absolute Gasteiger partial charge is 0.494 e. The van der Waals surface area contributed by atoms with E-state index >= 15 is 0 Å². The van der Waals surface area contributed by atoms with Crippen LogP contribution in [0.2, 0.25) is 0 Å². The Morgan fingerprint density at radius 2 is 1.97 bits per heavy atom. The predicted octanol–water partition coefficient (Wildman–Crippen LogP) is 3.05. The minimum Gasteiger partial charge on any atom is -0.494 e. The molecular weight excluding hydrogens is 390 g/mol. The van der Waals surface area contributed by atoms with Gasteiger partial charge in [-0.3, -0.25) is 14.9 Å². The van der Waals surface area contributed by atoms with Gasteiger partial charge >= 0.3 is 6.03 Å². The highest BCUT2D eigenvalue weighted by Gasteiger charge is 2.09. The number of nitro benzene ring substituents is 1. The molecule has 0 aromatic heterocycles. The number of hydrazone groups is 1. The van der Waals surface area contributed by atoms with Crippen molar-refractivity contribution in [3.05, 3.63) is 64.2 Å². The van der Waals surface area contributed by atoms with Crippen molar-refractivity contribution in [2.75, 3.05) is 18.5 Å². The fraction of sp³-hybridized carbons (Fsp3) is 0.250. The van der Waals surface area contributed by atoms with Gasteiger partial charge in [-0.05, 0) is 42.3 Å². The number of unbranched alkanes of at least 4 members (excludes halogenated alkanes) is 1. The van der Waals surface area contributed by atoms with Gasteiger partial charge in [-0.25, -0.2) is 10.2 Å². The molecule has 2 aromatic carbocycles. The molecule has 10 heteroatoms. The highest BCUT2D eigenvalue weighted by atomic mass is 16.6. The summed E-state index contributed by atoms with van der Waals surface area (Å²) in [6.07, 6.45) is 3.53. The van der Waals surface area contributed by atoms with Gasteiger partial charge in [-0.2, -0.15) is 5.10 Å². The van der Waals surface area contributed by atoms with Crippen molar-refractivity contribution in [1.29, 1.82) is 0 Å². The van der Waals surface area contributed by atoms with Gasteiger partial charge in [-0.1, -0.05) is 19.4 Å². The van der Waals surface area contributed by atoms with Crippen LogP contribution < -0.4 is 20.8 Å². The van der Waals surface area contributed by atoms with Crippen LogP contribution in [0.4, 0.5) is 16.2 Å². The minimum absolute atomic E-state index is 0.152. The molecule has 0 spiro atoms. The number of non-ortho nitro benzene ring substituents is 1. The Hall–Kier alpha value is -3.95. The molecule has 0 radical (unpaired) electrons. The molecule has 0 bridgehead atoms. The third-order valence-electron chi connectivity index (χ3n) is 3.77. The van der Waals surface area contributed by atoms with Crippen LogP contribution in [0.15, 0.2) is 53.6 Å². The summed E-state index contributed by atoms with van der Waals surface area (Å²) in [5, 5.41) is 19.3. The number of nitrogens with zero attached hydrogens (tertiary/aromatic N) is 2. The number of nitro groups is 1. The summed E-state index contributed by atoms with van der Waals surface area (Å²) in [5.41, 5.74) is 3.16. The standard InChI is InChI=1S/C20H23N5O5/c1-2-3-11-30-18-9-7-15(8-10-18)13-22-24-19(26)14-21-20(27)23-16-5-4-6-17(12-16)25(28)29/h4-10,12-13H,2-3,11,14H2,1H3,(H,24,26)(H2,21,23,27)/b22-13-. The molecule has 0 heterocycles. The van der Waals surface area contributed by atoms with E-state index in [0.717, 1.165) is 24.2 Å². The molecule has 0 atom stereocenters. The number of benzene rings is 2. The third-order valence-corrected chi connectivity index (χ3v) is 3.77. The highest BCUT2D eigenvalue weighted by molar-refractivity contribution is 5.92. The fourth-order valence-corrected chi connectivity index (χ4v) is 2.24. The Bertz CT molecular complexity index is 899. The normalized spacial score (nSPS) is 10.4. The number of ether oxygens (including phenoxy) is 1. The van der Waals surface area contributed by atoms with E-state index in [2.05, 4.69) is 28.1 Å². The maximum Gasteiger partial charge on any atom is 0.319 e. The number of urea groups is 1. The topological polar surface area (TPSA) is 135 Å². The van der Waals surface area contributed by atoms with Gasteiger partial charge < -0.3 is 15.4 Å². The number of rotatable bonds is 10.